The van der Waals surface area contributed by atoms with Gasteiger partial charge in [0, 0.05) is 32.4 Å². The number of nitrogens with one attached hydrogen (secondary N) is 3. The van der Waals surface area contributed by atoms with E-state index in [9.17, 15) is 76.7 Å². The number of rotatable bonds is 74. The molecule has 0 aliphatic heterocycles. The summed E-state index contributed by atoms with van der Waals surface area (Å²) in [6.45, 7) is 50.6. The molecule has 144 heavy (non-hydrogen) atoms. The first-order chi connectivity index (χ1) is 67.9. The van der Waals surface area contributed by atoms with Crippen molar-refractivity contribution in [1.82, 2.24) is 16.0 Å². The Morgan fingerprint density at radius 2 is 0.542 bits per heavy atom. The lowest BCUT2D eigenvalue weighted by atomic mass is 9.91. The van der Waals surface area contributed by atoms with E-state index < -0.39 is 80.6 Å². The summed E-state index contributed by atoms with van der Waals surface area (Å²) in [6.07, 6.45) is 23.4. The molecule has 0 fully saturated rings. The summed E-state index contributed by atoms with van der Waals surface area (Å²) < 4.78 is 77.1. The molecule has 0 saturated heterocycles. The molecule has 1 rings (SSSR count). The van der Waals surface area contributed by atoms with Crippen LogP contribution in [0.4, 0.5) is 14.4 Å². The average Bonchev–Trinajstić information content (AvgIpc) is 0.847. The van der Waals surface area contributed by atoms with Gasteiger partial charge in [-0.05, 0) is 229 Å². The molecule has 0 aliphatic carbocycles. The first-order valence-electron chi connectivity index (χ1n) is 52.2. The van der Waals surface area contributed by atoms with Crippen molar-refractivity contribution in [3.8, 4) is 0 Å². The highest BCUT2D eigenvalue weighted by atomic mass is 16.6. The molecule has 1 aromatic carbocycles. The van der Waals surface area contributed by atoms with Crippen LogP contribution in [-0.2, 0) is 124 Å². The van der Waals surface area contributed by atoms with Crippen molar-refractivity contribution in [1.29, 1.82) is 0 Å². The van der Waals surface area contributed by atoms with Crippen LogP contribution in [0.1, 0.15) is 392 Å². The molecular formula is C107H189N3O34. The number of carboxylic acid groups (broad SMARTS) is 3. The van der Waals surface area contributed by atoms with Crippen LogP contribution in [-0.4, -0.2) is 243 Å². The van der Waals surface area contributed by atoms with Crippen molar-refractivity contribution in [2.75, 3.05) is 132 Å². The second kappa shape index (κ2) is 87.3. The zero-order valence-electron chi connectivity index (χ0n) is 92.3. The summed E-state index contributed by atoms with van der Waals surface area (Å²) in [6, 6.07) is 5.77. The number of amides is 3. The molecule has 37 heteroatoms. The summed E-state index contributed by atoms with van der Waals surface area (Å²) in [5.74, 6) is -4.86. The molecule has 3 atom stereocenters. The summed E-state index contributed by atoms with van der Waals surface area (Å²) in [5.41, 5.74) is -3.32. The molecule has 6 N–H and O–H groups in total. The maximum Gasteiger partial charge on any atom is 0.407 e. The third-order valence-corrected chi connectivity index (χ3v) is 24.1. The molecular weight excluding hydrogens is 1870 g/mol. The number of aromatic carboxylic acids is 1. The van der Waals surface area contributed by atoms with Crippen molar-refractivity contribution in [3.05, 3.63) is 35.4 Å². The molecule has 37 nitrogen and oxygen atoms in total. The number of ether oxygens (including phenoxy) is 15. The second-order valence-electron chi connectivity index (χ2n) is 38.7. The van der Waals surface area contributed by atoms with Crippen LogP contribution in [0.15, 0.2) is 24.3 Å². The van der Waals surface area contributed by atoms with E-state index in [1.165, 1.54) is 37.5 Å². The predicted molar refractivity (Wildman–Crippen MR) is 546 cm³/mol. The summed E-state index contributed by atoms with van der Waals surface area (Å²) in [5, 5.41) is 33.5. The number of hydrogen-bond donors (Lipinski definition) is 6. The zero-order valence-corrected chi connectivity index (χ0v) is 92.3. The minimum atomic E-state index is -1.20. The Bertz CT molecular complexity index is 3600. The lowest BCUT2D eigenvalue weighted by Crippen LogP contribution is -2.32. The van der Waals surface area contributed by atoms with Crippen LogP contribution in [0.25, 0.3) is 0 Å². The van der Waals surface area contributed by atoms with Gasteiger partial charge in [-0.2, -0.15) is 0 Å². The quantitative estimate of drug-likeness (QED) is 0.0200. The molecule has 836 valence electrons. The van der Waals surface area contributed by atoms with Crippen LogP contribution >= 0.6 is 0 Å². The molecule has 1 aromatic rings. The van der Waals surface area contributed by atoms with Crippen LogP contribution in [0, 0.1) is 50.2 Å². The van der Waals surface area contributed by atoms with Gasteiger partial charge in [-0.3, -0.25) is 52.7 Å². The standard InChI is InChI=1S/2C25H47NO7.C23H43NO6.C16H20O6.C12H20O6.C6H12O2/c2*1-6-9-13-21(7-2)20-33-22(27)14-11-10-12-16-32-24(29)26-15-17-30-18-19-31-23(28)25(4,5)8-3;1-6-9-13-19(7-2)18-30-20(25)14-11-10-12-16-29-22(27)24-15-17-28-21(26)23(4,5)8-3;1-4-16(2,3)15(20)22-10-9-21-14(19)12-8-6-5-7-11(12)13(17)18;1-4-12(2,3)11(16)18-8-7-17-10(15)6-5-9(13)14;1-4-6(2,3)5(7)8/h2*21H,6-20H2,1-5H3,(H,26,29);19H,6-18H2,1-5H3,(H,24,27);5-8H,4,9-10H2,1-3H3,(H,17,18);4-8H2,1-3H3,(H,13,14);4H2,1-3H3,(H,7,8). The highest BCUT2D eigenvalue weighted by Gasteiger charge is 2.32. The Hall–Kier alpha value is -9.94. The van der Waals surface area contributed by atoms with E-state index in [1.54, 1.807) is 47.6 Å². The average molecular weight is 2060 g/mol. The van der Waals surface area contributed by atoms with Gasteiger partial charge in [-0.15, -0.1) is 0 Å². The van der Waals surface area contributed by atoms with Gasteiger partial charge < -0.3 is 102 Å². The fourth-order valence-electron chi connectivity index (χ4n) is 10.8. The minimum absolute atomic E-state index is 0.0128. The largest absolute Gasteiger partial charge is 0.481 e. The number of carboxylic acids is 3. The predicted octanol–water partition coefficient (Wildman–Crippen LogP) is 20.5. The first kappa shape index (κ1) is 142. The van der Waals surface area contributed by atoms with Gasteiger partial charge in [0.25, 0.3) is 0 Å². The van der Waals surface area contributed by atoms with Crippen LogP contribution in [0.5, 0.6) is 0 Å². The van der Waals surface area contributed by atoms with E-state index in [-0.39, 0.29) is 138 Å². The van der Waals surface area contributed by atoms with Crippen LogP contribution in [0.3, 0.4) is 0 Å². The number of unbranched alkanes of at least 4 members (excludes halogenated alkanes) is 9. The zero-order chi connectivity index (χ0) is 110. The van der Waals surface area contributed by atoms with Gasteiger partial charge in [-0.1, -0.05) is 153 Å². The van der Waals surface area contributed by atoms with E-state index in [1.807, 2.05) is 83.1 Å². The van der Waals surface area contributed by atoms with Gasteiger partial charge in [-0.25, -0.2) is 24.0 Å². The van der Waals surface area contributed by atoms with E-state index in [0.29, 0.717) is 161 Å². The van der Waals surface area contributed by atoms with Crippen molar-refractivity contribution < 1.29 is 163 Å². The molecule has 0 bridgehead atoms. The van der Waals surface area contributed by atoms with E-state index >= 15 is 0 Å². The van der Waals surface area contributed by atoms with Gasteiger partial charge in [0.15, 0.2) is 0 Å². The monoisotopic (exact) mass is 2060 g/mol. The summed E-state index contributed by atoms with van der Waals surface area (Å²) in [4.78, 5) is 183. The highest BCUT2D eigenvalue weighted by Crippen LogP contribution is 2.27. The maximum atomic E-state index is 11.8. The molecule has 0 spiro atoms. The van der Waals surface area contributed by atoms with Gasteiger partial charge in [0.05, 0.1) is 129 Å². The number of esters is 10. The maximum absolute atomic E-state index is 11.8. The Morgan fingerprint density at radius 1 is 0.271 bits per heavy atom. The van der Waals surface area contributed by atoms with E-state index in [0.717, 1.165) is 96.3 Å². The number of carbonyl (C=O) groups is 16. The Morgan fingerprint density at radius 3 is 0.812 bits per heavy atom. The molecule has 0 saturated carbocycles. The fraction of sp³-hybridized carbons (Fsp3) is 0.794. The van der Waals surface area contributed by atoms with Crippen molar-refractivity contribution in [3.63, 3.8) is 0 Å². The topological polar surface area (TPSA) is 508 Å². The lowest BCUT2D eigenvalue weighted by molar-refractivity contribution is -0.159. The van der Waals surface area contributed by atoms with Gasteiger partial charge in [0.2, 0.25) is 0 Å². The molecule has 0 aliphatic rings. The molecule has 3 unspecified atom stereocenters. The van der Waals surface area contributed by atoms with Gasteiger partial charge in [0.1, 0.15) is 46.2 Å². The van der Waals surface area contributed by atoms with Crippen LogP contribution in [0.2, 0.25) is 0 Å². The van der Waals surface area contributed by atoms with E-state index in [2.05, 4.69) is 57.5 Å². The molecule has 0 heterocycles. The number of aliphatic carboxylic acids is 2. The third kappa shape index (κ3) is 79.4. The van der Waals surface area contributed by atoms with Crippen molar-refractivity contribution >= 4 is 95.9 Å². The third-order valence-electron chi connectivity index (χ3n) is 24.1. The lowest BCUT2D eigenvalue weighted by Gasteiger charge is -2.20. The molecule has 0 radical (unpaired) electrons. The van der Waals surface area contributed by atoms with Crippen molar-refractivity contribution in [2.24, 2.45) is 50.2 Å². The first-order valence-corrected chi connectivity index (χ1v) is 52.2. The molecule has 3 amide bonds. The number of carbonyl (C=O) groups excluding carboxylic acids is 13. The number of alkyl carbamates (subject to hydrolysis) is 3. The minimum Gasteiger partial charge on any atom is -0.481 e. The Balaban J connectivity index is -0.000000555. The summed E-state index contributed by atoms with van der Waals surface area (Å²) >= 11 is 0. The Kier molecular flexibility index (Phi) is 86.4. The van der Waals surface area contributed by atoms with E-state index in [4.69, 9.17) is 86.4 Å². The Labute approximate surface area is 860 Å². The van der Waals surface area contributed by atoms with Gasteiger partial charge >= 0.3 is 95.9 Å². The summed E-state index contributed by atoms with van der Waals surface area (Å²) in [7, 11) is 0. The second-order valence-corrected chi connectivity index (χ2v) is 38.7. The van der Waals surface area contributed by atoms with Crippen LogP contribution < -0.4 is 16.0 Å². The smallest absolute Gasteiger partial charge is 0.407 e. The number of benzene rings is 1. The van der Waals surface area contributed by atoms with Crippen molar-refractivity contribution in [2.45, 2.75) is 372 Å². The molecule has 0 aromatic heterocycles. The SMILES string of the molecule is CCC(C)(C)C(=O)O.CCC(C)(C)C(=O)OCCOC(=O)CCC(=O)O.CCC(C)(C)C(=O)OCCOC(=O)c1ccccc1C(=O)O.CCCCC(CC)COC(=O)CCCCCOC(=O)NCCOC(=O)C(C)(C)CC.CCCCC(CC)COC(=O)CCCCCOC(=O)NCCOCCOC(=O)C(C)(C)CC.CCCCC(CC)COC(=O)CCCCCOC(=O)NCCOCCOC(=O)C(C)(C)CC. The fourth-order valence-corrected chi connectivity index (χ4v) is 10.8. The number of hydrogen-bond acceptors (Lipinski definition) is 31. The normalized spacial score (nSPS) is 11.8. The highest BCUT2D eigenvalue weighted by molar-refractivity contribution is 6.02.